The number of anilines is 1. The first-order valence-corrected chi connectivity index (χ1v) is 7.51. The number of urea groups is 1. The summed E-state index contributed by atoms with van der Waals surface area (Å²) in [5, 5.41) is 7.52. The molecule has 8 nitrogen and oxygen atoms in total. The zero-order valence-electron chi connectivity index (χ0n) is 13.4. The number of halogens is 2. The number of hydrogen-bond donors (Lipinski definition) is 3. The number of carbonyl (C=O) groups excluding carboxylic acids is 3. The molecular weight excluding hydrogens is 338 g/mol. The van der Waals surface area contributed by atoms with Gasteiger partial charge >= 0.3 is 12.6 Å². The van der Waals surface area contributed by atoms with E-state index in [0.29, 0.717) is 0 Å². The van der Waals surface area contributed by atoms with Crippen LogP contribution in [0, 0.1) is 0 Å². The fourth-order valence-electron chi connectivity index (χ4n) is 2.38. The lowest BCUT2D eigenvalue weighted by Gasteiger charge is -2.34. The number of alkyl halides is 2. The predicted octanol–water partition coefficient (Wildman–Crippen LogP) is 0.756. The maximum atomic E-state index is 12.4. The van der Waals surface area contributed by atoms with Crippen LogP contribution in [0.15, 0.2) is 24.3 Å². The molecule has 1 saturated heterocycles. The van der Waals surface area contributed by atoms with Crippen LogP contribution in [-0.4, -0.2) is 55.5 Å². The van der Waals surface area contributed by atoms with Crippen LogP contribution in [0.25, 0.3) is 0 Å². The van der Waals surface area contributed by atoms with Crippen LogP contribution in [0.4, 0.5) is 19.3 Å². The third-order valence-corrected chi connectivity index (χ3v) is 3.56. The SMILES string of the molecule is CNC(=O)C[C@@H]1C(=O)NCCN1C(=O)Nc1cccc(OC(F)F)c1. The number of nitrogens with zero attached hydrogens (tertiary/aromatic N) is 1. The smallest absolute Gasteiger partial charge is 0.387 e. The molecule has 0 aliphatic carbocycles. The molecule has 10 heteroatoms. The standard InChI is InChI=1S/C15H18F2N4O4/c1-18-12(22)8-11-13(23)19-5-6-21(11)15(24)20-9-3-2-4-10(7-9)25-14(16)17/h2-4,7,11,14H,5-6,8H2,1H3,(H,18,22)(H,19,23)(H,20,24)/t11-/m1/s1. The van der Waals surface area contributed by atoms with E-state index in [1.54, 1.807) is 0 Å². The van der Waals surface area contributed by atoms with E-state index in [0.717, 1.165) is 0 Å². The van der Waals surface area contributed by atoms with Crippen LogP contribution in [-0.2, 0) is 9.59 Å². The highest BCUT2D eigenvalue weighted by atomic mass is 19.3. The minimum absolute atomic E-state index is 0.105. The molecule has 0 saturated carbocycles. The van der Waals surface area contributed by atoms with Gasteiger partial charge in [-0.1, -0.05) is 6.07 Å². The second kappa shape index (κ2) is 8.27. The van der Waals surface area contributed by atoms with Crippen LogP contribution in [0.5, 0.6) is 5.75 Å². The first-order chi connectivity index (χ1) is 11.9. The molecule has 2 rings (SSSR count). The number of carbonyl (C=O) groups is 3. The summed E-state index contributed by atoms with van der Waals surface area (Å²) < 4.78 is 28.8. The average molecular weight is 356 g/mol. The van der Waals surface area contributed by atoms with Gasteiger partial charge in [0.1, 0.15) is 11.8 Å². The Morgan fingerprint density at radius 2 is 2.20 bits per heavy atom. The molecule has 1 aromatic rings. The first kappa shape index (κ1) is 18.4. The highest BCUT2D eigenvalue weighted by molar-refractivity contribution is 5.96. The van der Waals surface area contributed by atoms with E-state index in [1.807, 2.05) is 0 Å². The molecule has 3 N–H and O–H groups in total. The van der Waals surface area contributed by atoms with Gasteiger partial charge in [0.15, 0.2) is 0 Å². The van der Waals surface area contributed by atoms with Crippen molar-refractivity contribution in [1.29, 1.82) is 0 Å². The molecule has 4 amide bonds. The molecule has 1 atom stereocenters. The van der Waals surface area contributed by atoms with E-state index in [-0.39, 0.29) is 36.9 Å². The van der Waals surface area contributed by atoms with Gasteiger partial charge in [-0.2, -0.15) is 8.78 Å². The number of rotatable bonds is 5. The van der Waals surface area contributed by atoms with Crippen LogP contribution in [0.2, 0.25) is 0 Å². The Balaban J connectivity index is 2.09. The molecule has 1 aromatic carbocycles. The van der Waals surface area contributed by atoms with Crippen molar-refractivity contribution in [3.8, 4) is 5.75 Å². The summed E-state index contributed by atoms with van der Waals surface area (Å²) in [4.78, 5) is 37.2. The van der Waals surface area contributed by atoms with Gasteiger partial charge in [-0.05, 0) is 12.1 Å². The topological polar surface area (TPSA) is 99.8 Å². The largest absolute Gasteiger partial charge is 0.435 e. The van der Waals surface area contributed by atoms with Gasteiger partial charge in [0, 0.05) is 31.9 Å². The zero-order valence-corrected chi connectivity index (χ0v) is 13.4. The summed E-state index contributed by atoms with van der Waals surface area (Å²) in [5.41, 5.74) is 0.229. The molecule has 1 aliphatic heterocycles. The molecular formula is C15H18F2N4O4. The van der Waals surface area contributed by atoms with Crippen LogP contribution in [0.3, 0.4) is 0 Å². The van der Waals surface area contributed by atoms with Gasteiger partial charge < -0.3 is 25.6 Å². The fourth-order valence-corrected chi connectivity index (χ4v) is 2.38. The van der Waals surface area contributed by atoms with Crippen LogP contribution >= 0.6 is 0 Å². The number of benzene rings is 1. The Morgan fingerprint density at radius 3 is 2.88 bits per heavy atom. The van der Waals surface area contributed by atoms with Crippen LogP contribution < -0.4 is 20.7 Å². The molecule has 1 heterocycles. The Labute approximate surface area is 142 Å². The van der Waals surface area contributed by atoms with Gasteiger partial charge in [0.05, 0.1) is 6.42 Å². The van der Waals surface area contributed by atoms with E-state index in [4.69, 9.17) is 0 Å². The Kier molecular flexibility index (Phi) is 6.09. The lowest BCUT2D eigenvalue weighted by atomic mass is 10.1. The highest BCUT2D eigenvalue weighted by Crippen LogP contribution is 2.20. The third-order valence-electron chi connectivity index (χ3n) is 3.56. The molecule has 0 aromatic heterocycles. The molecule has 25 heavy (non-hydrogen) atoms. The maximum Gasteiger partial charge on any atom is 0.387 e. The van der Waals surface area contributed by atoms with E-state index in [2.05, 4.69) is 20.7 Å². The monoisotopic (exact) mass is 356 g/mol. The minimum atomic E-state index is -2.98. The number of ether oxygens (including phenoxy) is 1. The van der Waals surface area contributed by atoms with Crippen molar-refractivity contribution in [1.82, 2.24) is 15.5 Å². The van der Waals surface area contributed by atoms with Crippen molar-refractivity contribution < 1.29 is 27.9 Å². The summed E-state index contributed by atoms with van der Waals surface area (Å²) in [6.45, 7) is -2.51. The Bertz CT molecular complexity index is 656. The molecule has 1 aliphatic rings. The minimum Gasteiger partial charge on any atom is -0.435 e. The van der Waals surface area contributed by atoms with Crippen molar-refractivity contribution >= 4 is 23.5 Å². The molecule has 136 valence electrons. The second-order valence-electron chi connectivity index (χ2n) is 5.21. The van der Waals surface area contributed by atoms with Gasteiger partial charge in [-0.25, -0.2) is 4.79 Å². The quantitative estimate of drug-likeness (QED) is 0.725. The first-order valence-electron chi connectivity index (χ1n) is 7.51. The normalized spacial score (nSPS) is 17.0. The van der Waals surface area contributed by atoms with Gasteiger partial charge in [-0.15, -0.1) is 0 Å². The van der Waals surface area contributed by atoms with E-state index < -0.39 is 24.6 Å². The lowest BCUT2D eigenvalue weighted by Crippen LogP contribution is -2.59. The summed E-state index contributed by atoms with van der Waals surface area (Å²) >= 11 is 0. The Morgan fingerprint density at radius 1 is 1.44 bits per heavy atom. The summed E-state index contributed by atoms with van der Waals surface area (Å²) in [5.74, 6) is -0.918. The summed E-state index contributed by atoms with van der Waals surface area (Å²) in [6, 6.07) is 3.94. The summed E-state index contributed by atoms with van der Waals surface area (Å²) in [6.07, 6.45) is -0.176. The number of piperazine rings is 1. The van der Waals surface area contributed by atoms with E-state index >= 15 is 0 Å². The molecule has 1 fully saturated rings. The van der Waals surface area contributed by atoms with Gasteiger partial charge in [0.2, 0.25) is 11.8 Å². The molecule has 0 radical (unpaired) electrons. The number of hydrogen-bond acceptors (Lipinski definition) is 4. The lowest BCUT2D eigenvalue weighted by molar-refractivity contribution is -0.132. The number of nitrogens with one attached hydrogen (secondary N) is 3. The van der Waals surface area contributed by atoms with Crippen LogP contribution in [0.1, 0.15) is 6.42 Å². The second-order valence-corrected chi connectivity index (χ2v) is 5.21. The van der Waals surface area contributed by atoms with Gasteiger partial charge in [-0.3, -0.25) is 9.59 Å². The van der Waals surface area contributed by atoms with Crippen molar-refractivity contribution in [2.45, 2.75) is 19.1 Å². The predicted molar refractivity (Wildman–Crippen MR) is 84.3 cm³/mol. The van der Waals surface area contributed by atoms with Crippen molar-refractivity contribution in [3.05, 3.63) is 24.3 Å². The van der Waals surface area contributed by atoms with E-state index in [1.165, 1.54) is 36.2 Å². The zero-order chi connectivity index (χ0) is 18.4. The maximum absolute atomic E-state index is 12.4. The fraction of sp³-hybridized carbons (Fsp3) is 0.400. The summed E-state index contributed by atoms with van der Waals surface area (Å²) in [7, 11) is 1.43. The molecule has 0 spiro atoms. The third kappa shape index (κ3) is 5.03. The molecule has 0 unspecified atom stereocenters. The van der Waals surface area contributed by atoms with E-state index in [9.17, 15) is 23.2 Å². The van der Waals surface area contributed by atoms with Crippen molar-refractivity contribution in [3.63, 3.8) is 0 Å². The van der Waals surface area contributed by atoms with Crippen molar-refractivity contribution in [2.75, 3.05) is 25.5 Å². The number of amides is 4. The highest BCUT2D eigenvalue weighted by Gasteiger charge is 2.34. The van der Waals surface area contributed by atoms with Crippen molar-refractivity contribution in [2.24, 2.45) is 0 Å². The average Bonchev–Trinajstić information content (AvgIpc) is 2.56. The molecule has 0 bridgehead atoms. The Hall–Kier alpha value is -2.91. The van der Waals surface area contributed by atoms with Gasteiger partial charge in [0.25, 0.3) is 0 Å².